The van der Waals surface area contributed by atoms with Gasteiger partial charge in [-0.05, 0) is 51.4 Å². The van der Waals surface area contributed by atoms with Crippen molar-refractivity contribution in [2.24, 2.45) is 0 Å². The lowest BCUT2D eigenvalue weighted by molar-refractivity contribution is -0.163. The monoisotopic (exact) mass is 983 g/mol. The predicted octanol–water partition coefficient (Wildman–Crippen LogP) is 21.7. The van der Waals surface area contributed by atoms with E-state index in [1.165, 1.54) is 244 Å². The van der Waals surface area contributed by atoms with Gasteiger partial charge in [-0.25, -0.2) is 0 Å². The number of esters is 2. The maximum absolute atomic E-state index is 12.9. The van der Waals surface area contributed by atoms with Crippen molar-refractivity contribution >= 4 is 11.9 Å². The van der Waals surface area contributed by atoms with Gasteiger partial charge in [-0.2, -0.15) is 0 Å². The first-order chi connectivity index (χ1) is 34.6. The van der Waals surface area contributed by atoms with Crippen molar-refractivity contribution in [3.8, 4) is 0 Å². The molecule has 0 aromatic heterocycles. The Bertz CT molecular complexity index is 1110. The second-order valence-corrected chi connectivity index (χ2v) is 21.3. The molecule has 0 aromatic carbocycles. The fourth-order valence-corrected chi connectivity index (χ4v) is 9.53. The summed E-state index contributed by atoms with van der Waals surface area (Å²) in [7, 11) is 0. The van der Waals surface area contributed by atoms with Gasteiger partial charge in [0.1, 0.15) is 6.61 Å². The quantitative estimate of drug-likeness (QED) is 0.0345. The molecule has 0 heterocycles. The smallest absolute Gasteiger partial charge is 0.306 e. The Morgan fingerprint density at radius 2 is 0.643 bits per heavy atom. The Morgan fingerprint density at radius 1 is 0.329 bits per heavy atom. The molecule has 0 aliphatic heterocycles. The average molecular weight is 984 g/mol. The number of carbonyl (C=O) groups is 2. The third-order valence-electron chi connectivity index (χ3n) is 14.2. The highest BCUT2D eigenvalue weighted by Gasteiger charge is 2.18. The van der Waals surface area contributed by atoms with E-state index in [2.05, 4.69) is 57.2 Å². The molecule has 0 aromatic rings. The number of rotatable bonds is 59. The number of hydrogen-bond acceptors (Lipinski definition) is 5. The molecule has 1 unspecified atom stereocenters. The van der Waals surface area contributed by atoms with Crippen LogP contribution in [-0.2, 0) is 23.8 Å². The van der Waals surface area contributed by atoms with Crippen LogP contribution in [0.5, 0.6) is 0 Å². The molecular weight excluding hydrogens is 861 g/mol. The van der Waals surface area contributed by atoms with Crippen molar-refractivity contribution in [3.05, 3.63) is 36.5 Å². The zero-order valence-electron chi connectivity index (χ0n) is 47.6. The molecule has 0 aliphatic carbocycles. The maximum atomic E-state index is 12.9. The number of allylic oxidation sites excluding steroid dienone is 6. The van der Waals surface area contributed by atoms with Crippen LogP contribution in [0.15, 0.2) is 36.5 Å². The van der Waals surface area contributed by atoms with E-state index in [4.69, 9.17) is 14.2 Å². The van der Waals surface area contributed by atoms with Crippen LogP contribution in [0.2, 0.25) is 0 Å². The maximum Gasteiger partial charge on any atom is 0.306 e. The van der Waals surface area contributed by atoms with Gasteiger partial charge < -0.3 is 14.2 Å². The standard InChI is InChI=1S/C65H122O5/c1-4-7-10-13-16-19-22-25-28-30-32-34-36-39-42-45-48-51-54-57-60-68-61-63(70-65(67)59-56-53-50-47-44-41-37-27-24-21-18-15-12-9-6-3)62-69-64(66)58-55-52-49-46-43-40-38-35-33-31-29-26-23-20-17-14-11-8-5-2/h9,12,18,21,27,37,63H,4-8,10-11,13-17,19-20,22-26,28-36,38-62H2,1-3H3/b12-9-,21-18-,37-27-. The van der Waals surface area contributed by atoms with Crippen LogP contribution in [0.3, 0.4) is 0 Å². The lowest BCUT2D eigenvalue weighted by atomic mass is 10.0. The highest BCUT2D eigenvalue weighted by Crippen LogP contribution is 2.18. The Hall–Kier alpha value is -1.88. The van der Waals surface area contributed by atoms with Gasteiger partial charge in [0.15, 0.2) is 6.10 Å². The number of ether oxygens (including phenoxy) is 3. The van der Waals surface area contributed by atoms with Crippen LogP contribution in [0.25, 0.3) is 0 Å². The molecule has 1 atom stereocenters. The lowest BCUT2D eigenvalue weighted by Gasteiger charge is -2.18. The van der Waals surface area contributed by atoms with Crippen LogP contribution in [-0.4, -0.2) is 37.9 Å². The summed E-state index contributed by atoms with van der Waals surface area (Å²) >= 11 is 0. The number of hydrogen-bond donors (Lipinski definition) is 0. The summed E-state index contributed by atoms with van der Waals surface area (Å²) in [6.45, 7) is 7.78. The van der Waals surface area contributed by atoms with Crippen molar-refractivity contribution in [3.63, 3.8) is 0 Å². The minimum atomic E-state index is -0.541. The molecule has 0 radical (unpaired) electrons. The van der Waals surface area contributed by atoms with Gasteiger partial charge in [-0.1, -0.05) is 314 Å². The Labute approximate surface area is 438 Å². The molecule has 0 spiro atoms. The average Bonchev–Trinajstić information content (AvgIpc) is 3.36. The SMILES string of the molecule is CC/C=C\C/C=C\C/C=C\CCCCCCCC(=O)OC(COCCCCCCCCCCCCCCCCCCCCCC)COC(=O)CCCCCCCCCCCCCCCCCCCCC. The predicted molar refractivity (Wildman–Crippen MR) is 307 cm³/mol. The zero-order valence-corrected chi connectivity index (χ0v) is 47.6. The molecule has 0 aliphatic rings. The van der Waals surface area contributed by atoms with Crippen LogP contribution in [0, 0.1) is 0 Å². The fraction of sp³-hybridized carbons (Fsp3) is 0.877. The van der Waals surface area contributed by atoms with Crippen molar-refractivity contribution < 1.29 is 23.8 Å². The van der Waals surface area contributed by atoms with Gasteiger partial charge in [-0.3, -0.25) is 9.59 Å². The van der Waals surface area contributed by atoms with E-state index in [0.29, 0.717) is 19.4 Å². The molecule has 70 heavy (non-hydrogen) atoms. The van der Waals surface area contributed by atoms with E-state index < -0.39 is 6.10 Å². The highest BCUT2D eigenvalue weighted by atomic mass is 16.6. The summed E-state index contributed by atoms with van der Waals surface area (Å²) in [6.07, 6.45) is 76.2. The Morgan fingerprint density at radius 3 is 1.03 bits per heavy atom. The normalized spacial score (nSPS) is 12.3. The first kappa shape index (κ1) is 68.1. The fourth-order valence-electron chi connectivity index (χ4n) is 9.53. The summed E-state index contributed by atoms with van der Waals surface area (Å²) in [6, 6.07) is 0. The van der Waals surface area contributed by atoms with Crippen molar-refractivity contribution in [1.82, 2.24) is 0 Å². The molecule has 412 valence electrons. The van der Waals surface area contributed by atoms with Crippen LogP contribution >= 0.6 is 0 Å². The molecule has 0 bridgehead atoms. The van der Waals surface area contributed by atoms with Gasteiger partial charge in [0.05, 0.1) is 6.61 Å². The second-order valence-electron chi connectivity index (χ2n) is 21.3. The number of unbranched alkanes of at least 4 members (excludes halogenated alkanes) is 42. The molecule has 0 amide bonds. The van der Waals surface area contributed by atoms with Crippen LogP contribution in [0.4, 0.5) is 0 Å². The van der Waals surface area contributed by atoms with Crippen LogP contribution < -0.4 is 0 Å². The first-order valence-corrected chi connectivity index (χ1v) is 31.5. The van der Waals surface area contributed by atoms with Crippen LogP contribution in [0.1, 0.15) is 342 Å². The van der Waals surface area contributed by atoms with E-state index in [-0.39, 0.29) is 25.2 Å². The molecule has 0 rings (SSSR count). The van der Waals surface area contributed by atoms with Crippen molar-refractivity contribution in [2.75, 3.05) is 19.8 Å². The minimum absolute atomic E-state index is 0.0855. The van der Waals surface area contributed by atoms with Crippen molar-refractivity contribution in [1.29, 1.82) is 0 Å². The van der Waals surface area contributed by atoms with E-state index >= 15 is 0 Å². The van der Waals surface area contributed by atoms with Gasteiger partial charge in [0, 0.05) is 19.4 Å². The van der Waals surface area contributed by atoms with E-state index in [9.17, 15) is 9.59 Å². The summed E-state index contributed by atoms with van der Waals surface area (Å²) in [4.78, 5) is 25.6. The number of carbonyl (C=O) groups excluding carboxylic acids is 2. The summed E-state index contributed by atoms with van der Waals surface area (Å²) in [5.41, 5.74) is 0. The molecule has 5 heteroatoms. The Balaban J connectivity index is 4.20. The molecule has 0 saturated carbocycles. The summed E-state index contributed by atoms with van der Waals surface area (Å²) in [5.74, 6) is -0.392. The van der Waals surface area contributed by atoms with Gasteiger partial charge in [0.25, 0.3) is 0 Å². The minimum Gasteiger partial charge on any atom is -0.462 e. The first-order valence-electron chi connectivity index (χ1n) is 31.5. The van der Waals surface area contributed by atoms with E-state index in [0.717, 1.165) is 64.2 Å². The van der Waals surface area contributed by atoms with Gasteiger partial charge in [-0.15, -0.1) is 0 Å². The topological polar surface area (TPSA) is 61.8 Å². The highest BCUT2D eigenvalue weighted by molar-refractivity contribution is 5.70. The lowest BCUT2D eigenvalue weighted by Crippen LogP contribution is -2.30. The summed E-state index contributed by atoms with van der Waals surface area (Å²) < 4.78 is 17.5. The second kappa shape index (κ2) is 61.4. The molecule has 5 nitrogen and oxygen atoms in total. The zero-order chi connectivity index (χ0) is 50.6. The molecular formula is C65H122O5. The van der Waals surface area contributed by atoms with Gasteiger partial charge in [0.2, 0.25) is 0 Å². The van der Waals surface area contributed by atoms with Crippen molar-refractivity contribution in [2.45, 2.75) is 348 Å². The summed E-state index contributed by atoms with van der Waals surface area (Å²) in [5, 5.41) is 0. The van der Waals surface area contributed by atoms with E-state index in [1.54, 1.807) is 0 Å². The molecule has 0 fully saturated rings. The largest absolute Gasteiger partial charge is 0.462 e. The third kappa shape index (κ3) is 58.7. The van der Waals surface area contributed by atoms with Gasteiger partial charge >= 0.3 is 11.9 Å². The third-order valence-corrected chi connectivity index (χ3v) is 14.2. The molecule has 0 saturated heterocycles. The Kier molecular flexibility index (Phi) is 59.8. The van der Waals surface area contributed by atoms with E-state index in [1.807, 2.05) is 0 Å². The molecule has 0 N–H and O–H groups in total.